The van der Waals surface area contributed by atoms with E-state index in [1.54, 1.807) is 36.4 Å². The zero-order chi connectivity index (χ0) is 25.4. The number of nitrogens with one attached hydrogen (secondary N) is 1. The third kappa shape index (κ3) is 5.46. The molecule has 3 aromatic carbocycles. The van der Waals surface area contributed by atoms with Gasteiger partial charge in [-0.3, -0.25) is 9.10 Å². The average molecular weight is 513 g/mol. The van der Waals surface area contributed by atoms with E-state index in [9.17, 15) is 13.2 Å². The molecule has 3 aromatic rings. The molecule has 35 heavy (non-hydrogen) atoms. The molecule has 184 valence electrons. The highest BCUT2D eigenvalue weighted by Crippen LogP contribution is 2.40. The van der Waals surface area contributed by atoms with E-state index in [2.05, 4.69) is 5.32 Å². The molecule has 0 bridgehead atoms. The molecule has 1 heterocycles. The summed E-state index contributed by atoms with van der Waals surface area (Å²) >= 11 is 6.38. The van der Waals surface area contributed by atoms with Crippen LogP contribution in [-0.4, -0.2) is 26.5 Å². The highest BCUT2D eigenvalue weighted by Gasteiger charge is 2.36. The second-order valence-corrected chi connectivity index (χ2v) is 11.8. The number of carbonyl (C=O) groups excluding carboxylic acids is 1. The monoisotopic (exact) mass is 512 g/mol. The van der Waals surface area contributed by atoms with Crippen LogP contribution in [0.5, 0.6) is 5.75 Å². The van der Waals surface area contributed by atoms with Crippen molar-refractivity contribution in [2.45, 2.75) is 50.7 Å². The van der Waals surface area contributed by atoms with Gasteiger partial charge in [-0.2, -0.15) is 0 Å². The molecule has 8 heteroatoms. The molecule has 6 nitrogen and oxygen atoms in total. The summed E-state index contributed by atoms with van der Waals surface area (Å²) in [6.07, 6.45) is 0.547. The van der Waals surface area contributed by atoms with Crippen LogP contribution in [0.1, 0.15) is 43.0 Å². The minimum Gasteiger partial charge on any atom is -0.487 e. The van der Waals surface area contributed by atoms with Gasteiger partial charge in [0, 0.05) is 12.0 Å². The van der Waals surface area contributed by atoms with Gasteiger partial charge in [0.25, 0.3) is 10.0 Å². The molecule has 4 rings (SSSR count). The van der Waals surface area contributed by atoms with Crippen LogP contribution < -0.4 is 14.4 Å². The topological polar surface area (TPSA) is 75.7 Å². The Labute approximate surface area is 211 Å². The van der Waals surface area contributed by atoms with E-state index in [0.29, 0.717) is 6.42 Å². The zero-order valence-corrected chi connectivity index (χ0v) is 21.8. The number of hydrogen-bond acceptors (Lipinski definition) is 4. The zero-order valence-electron chi connectivity index (χ0n) is 20.2. The number of halogens is 1. The highest BCUT2D eigenvalue weighted by molar-refractivity contribution is 7.92. The van der Waals surface area contributed by atoms with Crippen LogP contribution in [0.25, 0.3) is 0 Å². The molecule has 0 saturated heterocycles. The molecule has 1 aliphatic heterocycles. The fraction of sp³-hybridized carbons (Fsp3) is 0.296. The summed E-state index contributed by atoms with van der Waals surface area (Å²) in [5.41, 5.74) is 2.61. The molecule has 0 aliphatic carbocycles. The number of aryl methyl sites for hydroxylation is 2. The van der Waals surface area contributed by atoms with E-state index in [4.69, 9.17) is 16.3 Å². The first-order valence-electron chi connectivity index (χ1n) is 11.4. The fourth-order valence-corrected chi connectivity index (χ4v) is 5.98. The summed E-state index contributed by atoms with van der Waals surface area (Å²) in [5, 5.41) is 3.27. The van der Waals surface area contributed by atoms with Crippen molar-refractivity contribution >= 4 is 33.2 Å². The van der Waals surface area contributed by atoms with Gasteiger partial charge < -0.3 is 10.1 Å². The van der Waals surface area contributed by atoms with Crippen LogP contribution >= 0.6 is 11.6 Å². The van der Waals surface area contributed by atoms with Crippen molar-refractivity contribution in [1.82, 2.24) is 5.32 Å². The third-order valence-electron chi connectivity index (χ3n) is 5.98. The Morgan fingerprint density at radius 3 is 2.40 bits per heavy atom. The van der Waals surface area contributed by atoms with E-state index in [0.717, 1.165) is 26.7 Å². The van der Waals surface area contributed by atoms with E-state index < -0.39 is 28.1 Å². The van der Waals surface area contributed by atoms with Crippen LogP contribution in [-0.2, 0) is 14.8 Å². The number of nitrogens with zero attached hydrogens (tertiary/aromatic N) is 1. The van der Waals surface area contributed by atoms with Crippen LogP contribution in [0.15, 0.2) is 71.6 Å². The summed E-state index contributed by atoms with van der Waals surface area (Å²) in [4.78, 5) is 13.4. The molecule has 1 amide bonds. The Morgan fingerprint density at radius 1 is 1.06 bits per heavy atom. The molecule has 0 saturated carbocycles. The second kappa shape index (κ2) is 9.55. The highest BCUT2D eigenvalue weighted by atomic mass is 35.5. The van der Waals surface area contributed by atoms with Gasteiger partial charge in [0.05, 0.1) is 21.6 Å². The quantitative estimate of drug-likeness (QED) is 0.468. The lowest BCUT2D eigenvalue weighted by Crippen LogP contribution is -2.45. The number of ether oxygens (including phenoxy) is 1. The van der Waals surface area contributed by atoms with Gasteiger partial charge in [-0.15, -0.1) is 0 Å². The molecule has 0 spiro atoms. The number of para-hydroxylation sites is 1. The van der Waals surface area contributed by atoms with E-state index in [1.165, 1.54) is 12.1 Å². The lowest BCUT2D eigenvalue weighted by molar-refractivity contribution is -0.120. The van der Waals surface area contributed by atoms with Gasteiger partial charge in [-0.1, -0.05) is 53.6 Å². The maximum Gasteiger partial charge on any atom is 0.264 e. The number of amides is 1. The number of hydrogen-bond donors (Lipinski definition) is 1. The number of benzene rings is 3. The van der Waals surface area contributed by atoms with E-state index in [1.807, 2.05) is 45.9 Å². The number of rotatable bonds is 6. The first-order valence-corrected chi connectivity index (χ1v) is 13.2. The third-order valence-corrected chi connectivity index (χ3v) is 8.07. The predicted molar refractivity (Wildman–Crippen MR) is 139 cm³/mol. The van der Waals surface area contributed by atoms with Crippen molar-refractivity contribution in [2.24, 2.45) is 0 Å². The molecule has 1 N–H and O–H groups in total. The number of carbonyl (C=O) groups is 1. The van der Waals surface area contributed by atoms with Crippen molar-refractivity contribution in [3.63, 3.8) is 0 Å². The number of anilines is 1. The van der Waals surface area contributed by atoms with Crippen LogP contribution in [0.2, 0.25) is 5.02 Å². The second-order valence-electron chi connectivity index (χ2n) is 9.50. The molecule has 1 atom stereocenters. The summed E-state index contributed by atoms with van der Waals surface area (Å²) in [7, 11) is -4.05. The van der Waals surface area contributed by atoms with E-state index >= 15 is 0 Å². The Hall–Kier alpha value is -3.03. The first-order chi connectivity index (χ1) is 16.5. The van der Waals surface area contributed by atoms with Crippen molar-refractivity contribution < 1.29 is 17.9 Å². The van der Waals surface area contributed by atoms with Gasteiger partial charge in [0.15, 0.2) is 0 Å². The lowest BCUT2D eigenvalue weighted by atomic mass is 9.89. The number of fused-ring (bicyclic) bond motifs is 1. The Bertz CT molecular complexity index is 1350. The smallest absolute Gasteiger partial charge is 0.264 e. The van der Waals surface area contributed by atoms with Crippen molar-refractivity contribution in [3.8, 4) is 5.75 Å². The summed E-state index contributed by atoms with van der Waals surface area (Å²) in [5.74, 6) is 0.289. The maximum atomic E-state index is 13.6. The fourth-order valence-electron chi connectivity index (χ4n) is 4.25. The van der Waals surface area contributed by atoms with Crippen LogP contribution in [0.3, 0.4) is 0 Å². The van der Waals surface area contributed by atoms with Gasteiger partial charge in [-0.05, 0) is 63.6 Å². The normalized spacial score (nSPS) is 16.7. The minimum absolute atomic E-state index is 0.0869. The number of sulfonamides is 1. The Morgan fingerprint density at radius 2 is 1.71 bits per heavy atom. The SMILES string of the molecule is Cc1ccc(S(=O)(=O)N(CC(=O)NC2CC(C)(C)Oc3cc(C)ccc32)c2ccccc2Cl)cc1. The van der Waals surface area contributed by atoms with Crippen molar-refractivity contribution in [1.29, 1.82) is 0 Å². The maximum absolute atomic E-state index is 13.6. The van der Waals surface area contributed by atoms with Crippen molar-refractivity contribution in [3.05, 3.63) is 88.4 Å². The Kier molecular flexibility index (Phi) is 6.84. The first kappa shape index (κ1) is 25.1. The predicted octanol–water partition coefficient (Wildman–Crippen LogP) is 5.57. The molecular weight excluding hydrogens is 484 g/mol. The largest absolute Gasteiger partial charge is 0.487 e. The Balaban J connectivity index is 1.66. The van der Waals surface area contributed by atoms with Crippen LogP contribution in [0, 0.1) is 13.8 Å². The standard InChI is InChI=1S/C27H29ClN2O4S/c1-18-9-12-20(13-10-18)35(32,33)30(24-8-6-5-7-22(24)28)17-26(31)29-23-16-27(3,4)34-25-15-19(2)11-14-21(23)25/h5-15,23H,16-17H2,1-4H3,(H,29,31). The molecule has 0 radical (unpaired) electrons. The average Bonchev–Trinajstić information content (AvgIpc) is 2.77. The van der Waals surface area contributed by atoms with Gasteiger partial charge in [-0.25, -0.2) is 8.42 Å². The molecular formula is C27H29ClN2O4S. The molecule has 1 aliphatic rings. The summed E-state index contributed by atoms with van der Waals surface area (Å²) in [6, 6.07) is 18.7. The lowest BCUT2D eigenvalue weighted by Gasteiger charge is -2.38. The van der Waals surface area contributed by atoms with Gasteiger partial charge in [0.2, 0.25) is 5.91 Å². The van der Waals surface area contributed by atoms with Crippen molar-refractivity contribution in [2.75, 3.05) is 10.8 Å². The van der Waals surface area contributed by atoms with E-state index in [-0.39, 0.29) is 21.6 Å². The van der Waals surface area contributed by atoms with Crippen LogP contribution in [0.4, 0.5) is 5.69 Å². The molecule has 0 aromatic heterocycles. The summed E-state index contributed by atoms with van der Waals surface area (Å²) in [6.45, 7) is 7.38. The summed E-state index contributed by atoms with van der Waals surface area (Å²) < 4.78 is 34.5. The van der Waals surface area contributed by atoms with Gasteiger partial charge >= 0.3 is 0 Å². The molecule has 0 fully saturated rings. The van der Waals surface area contributed by atoms with Gasteiger partial charge in [0.1, 0.15) is 17.9 Å². The minimum atomic E-state index is -4.05. The molecule has 1 unspecified atom stereocenters.